The summed E-state index contributed by atoms with van der Waals surface area (Å²) in [4.78, 5) is 51.7. The third-order valence-electron chi connectivity index (χ3n) is 5.35. The number of hydrogen-bond acceptors (Lipinski definition) is 8. The Bertz CT molecular complexity index is 1110. The van der Waals surface area contributed by atoms with Gasteiger partial charge >= 0.3 is 11.9 Å². The second kappa shape index (κ2) is 13.3. The molecule has 2 rings (SSSR count). The number of carbonyl (C=O) groups is 4. The van der Waals surface area contributed by atoms with E-state index >= 15 is 0 Å². The maximum Gasteiger partial charge on any atom is 0.336 e. The lowest BCUT2D eigenvalue weighted by Gasteiger charge is -2.22. The van der Waals surface area contributed by atoms with Crippen molar-refractivity contribution >= 4 is 23.8 Å². The molecule has 0 heterocycles. The molecule has 6 N–H and O–H groups in total. The zero-order chi connectivity index (χ0) is 26.8. The van der Waals surface area contributed by atoms with Crippen LogP contribution in [0, 0.1) is 0 Å². The van der Waals surface area contributed by atoms with E-state index in [1.165, 1.54) is 36.4 Å². The highest BCUT2D eigenvalue weighted by Crippen LogP contribution is 2.27. The number of carbonyl (C=O) groups excluding carboxylic acids is 2. The van der Waals surface area contributed by atoms with Crippen molar-refractivity contribution in [2.45, 2.75) is 0 Å². The highest BCUT2D eigenvalue weighted by molar-refractivity contribution is 6.07. The summed E-state index contributed by atoms with van der Waals surface area (Å²) in [5.74, 6) is -4.24. The fourth-order valence-corrected chi connectivity index (χ4v) is 3.63. The first kappa shape index (κ1) is 28.4. The van der Waals surface area contributed by atoms with Gasteiger partial charge < -0.3 is 40.4 Å². The van der Waals surface area contributed by atoms with Crippen LogP contribution in [0.2, 0.25) is 0 Å². The molecule has 0 saturated carbocycles. The number of benzene rings is 2. The van der Waals surface area contributed by atoms with Gasteiger partial charge in [-0.2, -0.15) is 0 Å². The van der Waals surface area contributed by atoms with Crippen LogP contribution in [0.5, 0.6) is 0 Å². The van der Waals surface area contributed by atoms with Crippen LogP contribution in [0.15, 0.2) is 36.4 Å². The van der Waals surface area contributed by atoms with Crippen molar-refractivity contribution in [1.82, 2.24) is 9.80 Å². The Kier molecular flexibility index (Phi) is 10.5. The molecule has 2 amide bonds. The maximum atomic E-state index is 13.0. The molecule has 12 nitrogen and oxygen atoms in total. The Balaban J connectivity index is 2.59. The van der Waals surface area contributed by atoms with E-state index in [0.29, 0.717) is 5.56 Å². The zero-order valence-electron chi connectivity index (χ0n) is 19.3. The molecule has 194 valence electrons. The number of carboxylic acids is 2. The molecule has 0 radical (unpaired) electrons. The van der Waals surface area contributed by atoms with Gasteiger partial charge in [0.2, 0.25) is 0 Å². The normalized spacial score (nSPS) is 10.7. The summed E-state index contributed by atoms with van der Waals surface area (Å²) in [5.41, 5.74) is -0.518. The number of nitrogens with zero attached hydrogens (tertiary/aromatic N) is 2. The molecule has 0 aliphatic carbocycles. The summed E-state index contributed by atoms with van der Waals surface area (Å²) in [5, 5.41) is 56.1. The lowest BCUT2D eigenvalue weighted by molar-refractivity contribution is 0.0650. The van der Waals surface area contributed by atoms with Gasteiger partial charge in [0, 0.05) is 26.2 Å². The molecule has 0 fully saturated rings. The minimum atomic E-state index is -1.41. The quantitative estimate of drug-likeness (QED) is 0.209. The van der Waals surface area contributed by atoms with Crippen molar-refractivity contribution in [1.29, 1.82) is 0 Å². The van der Waals surface area contributed by atoms with Crippen LogP contribution in [0.25, 0.3) is 11.1 Å². The average molecular weight is 504 g/mol. The molecule has 0 aromatic heterocycles. The van der Waals surface area contributed by atoms with E-state index < -0.39 is 37.0 Å². The molecule has 0 spiro atoms. The van der Waals surface area contributed by atoms with Crippen molar-refractivity contribution in [2.24, 2.45) is 0 Å². The van der Waals surface area contributed by atoms with Crippen molar-refractivity contribution in [2.75, 3.05) is 52.6 Å². The van der Waals surface area contributed by atoms with E-state index in [1.54, 1.807) is 0 Å². The SMILES string of the molecule is O=C(O)c1cc(-c2ccc(C(=O)O)c(C(=O)N(CCO)CCO)c2)ccc1C(=O)N(CCO)CCO. The second-order valence-corrected chi connectivity index (χ2v) is 7.61. The van der Waals surface area contributed by atoms with Gasteiger partial charge in [-0.15, -0.1) is 0 Å². The summed E-state index contributed by atoms with van der Waals surface area (Å²) in [6, 6.07) is 7.73. The van der Waals surface area contributed by atoms with Gasteiger partial charge in [0.1, 0.15) is 0 Å². The molecule has 0 aliphatic heterocycles. The molecule has 0 saturated heterocycles. The highest BCUT2D eigenvalue weighted by atomic mass is 16.4. The minimum Gasteiger partial charge on any atom is -0.478 e. The van der Waals surface area contributed by atoms with Crippen LogP contribution >= 0.6 is 0 Å². The van der Waals surface area contributed by atoms with E-state index in [2.05, 4.69) is 0 Å². The molecule has 0 bridgehead atoms. The first-order valence-electron chi connectivity index (χ1n) is 11.0. The van der Waals surface area contributed by atoms with Gasteiger partial charge in [0.25, 0.3) is 11.8 Å². The van der Waals surface area contributed by atoms with Crippen LogP contribution in [0.3, 0.4) is 0 Å². The number of amides is 2. The van der Waals surface area contributed by atoms with Crippen molar-refractivity contribution in [3.05, 3.63) is 58.7 Å². The fourth-order valence-electron chi connectivity index (χ4n) is 3.63. The minimum absolute atomic E-state index is 0.111. The second-order valence-electron chi connectivity index (χ2n) is 7.61. The number of rotatable bonds is 13. The number of hydrogen-bond donors (Lipinski definition) is 6. The monoisotopic (exact) mass is 504 g/mol. The predicted octanol–water partition coefficient (Wildman–Crippen LogP) is -0.396. The predicted molar refractivity (Wildman–Crippen MR) is 126 cm³/mol. The summed E-state index contributed by atoms with van der Waals surface area (Å²) in [7, 11) is 0. The van der Waals surface area contributed by atoms with Gasteiger partial charge in [0.15, 0.2) is 0 Å². The zero-order valence-corrected chi connectivity index (χ0v) is 19.3. The lowest BCUT2D eigenvalue weighted by Crippen LogP contribution is -2.36. The third-order valence-corrected chi connectivity index (χ3v) is 5.35. The Morgan fingerprint density at radius 3 is 1.28 bits per heavy atom. The Hall–Kier alpha value is -3.84. The van der Waals surface area contributed by atoms with E-state index in [-0.39, 0.29) is 67.2 Å². The summed E-state index contributed by atoms with van der Waals surface area (Å²) < 4.78 is 0. The van der Waals surface area contributed by atoms with Crippen LogP contribution in [0.4, 0.5) is 0 Å². The third kappa shape index (κ3) is 6.64. The van der Waals surface area contributed by atoms with Crippen LogP contribution in [-0.2, 0) is 0 Å². The molecule has 0 unspecified atom stereocenters. The summed E-state index contributed by atoms with van der Waals surface area (Å²) >= 11 is 0. The average Bonchev–Trinajstić information content (AvgIpc) is 2.86. The summed E-state index contributed by atoms with van der Waals surface area (Å²) in [6.07, 6.45) is 0. The molecule has 0 atom stereocenters. The molecular weight excluding hydrogens is 476 g/mol. The van der Waals surface area contributed by atoms with E-state index in [0.717, 1.165) is 9.80 Å². The highest BCUT2D eigenvalue weighted by Gasteiger charge is 2.25. The van der Waals surface area contributed by atoms with Gasteiger partial charge in [-0.25, -0.2) is 9.59 Å². The van der Waals surface area contributed by atoms with Crippen LogP contribution in [-0.4, -0.2) is 117 Å². The van der Waals surface area contributed by atoms with Crippen molar-refractivity contribution in [3.8, 4) is 11.1 Å². The Morgan fingerprint density at radius 2 is 0.889 bits per heavy atom. The van der Waals surface area contributed by atoms with Gasteiger partial charge in [0.05, 0.1) is 48.7 Å². The van der Waals surface area contributed by atoms with E-state index in [9.17, 15) is 49.8 Å². The van der Waals surface area contributed by atoms with Crippen molar-refractivity contribution in [3.63, 3.8) is 0 Å². The molecule has 12 heteroatoms. The number of aromatic carboxylic acids is 2. The largest absolute Gasteiger partial charge is 0.478 e. The molecule has 2 aromatic carbocycles. The topological polar surface area (TPSA) is 196 Å². The van der Waals surface area contributed by atoms with E-state index in [4.69, 9.17) is 0 Å². The molecule has 2 aromatic rings. The Labute approximate surface area is 206 Å². The van der Waals surface area contributed by atoms with Crippen molar-refractivity contribution < 1.29 is 49.8 Å². The van der Waals surface area contributed by atoms with Gasteiger partial charge in [-0.3, -0.25) is 9.59 Å². The van der Waals surface area contributed by atoms with E-state index in [1.807, 2.05) is 0 Å². The number of aliphatic hydroxyl groups is 4. The lowest BCUT2D eigenvalue weighted by atomic mass is 9.95. The first-order valence-corrected chi connectivity index (χ1v) is 11.0. The maximum absolute atomic E-state index is 13.0. The van der Waals surface area contributed by atoms with Gasteiger partial charge in [-0.05, 0) is 35.4 Å². The molecule has 36 heavy (non-hydrogen) atoms. The standard InChI is InChI=1S/C24H28N2O10/c27-9-5-25(6-10-28)21(31)17-3-1-16(14-20(17)24(35)36)15-2-4-18(23(33)34)19(13-15)22(32)26(7-11-29)8-12-30/h1-4,13-14,27-30H,5-12H2,(H,33,34)(H,35,36). The fraction of sp³-hybridized carbons (Fsp3) is 0.333. The van der Waals surface area contributed by atoms with Crippen LogP contribution < -0.4 is 0 Å². The number of aliphatic hydroxyl groups excluding tert-OH is 4. The molecular formula is C24H28N2O10. The van der Waals surface area contributed by atoms with Crippen LogP contribution in [0.1, 0.15) is 41.4 Å². The van der Waals surface area contributed by atoms with Gasteiger partial charge in [-0.1, -0.05) is 12.1 Å². The number of carboxylic acid groups (broad SMARTS) is 2. The Morgan fingerprint density at radius 1 is 0.528 bits per heavy atom. The smallest absolute Gasteiger partial charge is 0.336 e. The molecule has 0 aliphatic rings. The summed E-state index contributed by atoms with van der Waals surface area (Å²) in [6.45, 7) is -2.09. The first-order chi connectivity index (χ1) is 17.2.